The number of anilines is 2. The molecule has 0 aliphatic rings. The molecular formula is C13H10ClN3O2S2. The van der Waals surface area contributed by atoms with E-state index in [2.05, 4.69) is 9.71 Å². The Morgan fingerprint density at radius 2 is 2.10 bits per heavy atom. The van der Waals surface area contributed by atoms with Gasteiger partial charge >= 0.3 is 0 Å². The van der Waals surface area contributed by atoms with Crippen LogP contribution in [0.15, 0.2) is 46.1 Å². The largest absolute Gasteiger partial charge is 0.398 e. The molecule has 0 bridgehead atoms. The highest BCUT2D eigenvalue weighted by Gasteiger charge is 2.18. The van der Waals surface area contributed by atoms with Crippen LogP contribution in [0.5, 0.6) is 0 Å². The van der Waals surface area contributed by atoms with Crippen LogP contribution in [0.4, 0.5) is 11.4 Å². The summed E-state index contributed by atoms with van der Waals surface area (Å²) in [7, 11) is -3.69. The Kier molecular flexibility index (Phi) is 3.48. The van der Waals surface area contributed by atoms with Gasteiger partial charge in [-0.15, -0.1) is 11.3 Å². The Morgan fingerprint density at radius 3 is 2.81 bits per heavy atom. The van der Waals surface area contributed by atoms with E-state index in [0.717, 1.165) is 11.3 Å². The van der Waals surface area contributed by atoms with E-state index in [0.29, 0.717) is 27.3 Å². The molecule has 3 aromatic rings. The number of nitrogens with two attached hydrogens (primary N) is 1. The van der Waals surface area contributed by atoms with Gasteiger partial charge in [0.05, 0.1) is 16.2 Å². The van der Waals surface area contributed by atoms with Crippen molar-refractivity contribution in [2.45, 2.75) is 4.21 Å². The summed E-state index contributed by atoms with van der Waals surface area (Å²) in [5, 5.41) is 2.78. The first-order chi connectivity index (χ1) is 9.97. The highest BCUT2D eigenvalue weighted by atomic mass is 35.5. The second-order valence-electron chi connectivity index (χ2n) is 4.30. The average Bonchev–Trinajstić information content (AvgIpc) is 2.90. The van der Waals surface area contributed by atoms with Crippen molar-refractivity contribution in [3.63, 3.8) is 0 Å². The number of hydrogen-bond donors (Lipinski definition) is 2. The van der Waals surface area contributed by atoms with Crippen molar-refractivity contribution in [1.29, 1.82) is 0 Å². The molecule has 2 heterocycles. The third-order valence-electron chi connectivity index (χ3n) is 2.82. The van der Waals surface area contributed by atoms with Gasteiger partial charge < -0.3 is 5.73 Å². The van der Waals surface area contributed by atoms with E-state index in [-0.39, 0.29) is 4.21 Å². The van der Waals surface area contributed by atoms with Gasteiger partial charge in [-0.2, -0.15) is 0 Å². The predicted octanol–water partition coefficient (Wildman–Crippen LogP) is 3.33. The first-order valence-electron chi connectivity index (χ1n) is 5.87. The molecule has 0 aliphatic heterocycles. The second kappa shape index (κ2) is 5.18. The Morgan fingerprint density at radius 1 is 1.29 bits per heavy atom. The van der Waals surface area contributed by atoms with Gasteiger partial charge in [-0.25, -0.2) is 8.42 Å². The predicted molar refractivity (Wildman–Crippen MR) is 86.3 cm³/mol. The molecule has 0 fully saturated rings. The molecule has 0 spiro atoms. The van der Waals surface area contributed by atoms with Crippen LogP contribution in [0.2, 0.25) is 5.02 Å². The van der Waals surface area contributed by atoms with E-state index in [4.69, 9.17) is 17.3 Å². The minimum Gasteiger partial charge on any atom is -0.398 e. The molecule has 0 radical (unpaired) electrons. The SMILES string of the molecule is Nc1csc(S(=O)(=O)Nc2ccc(Cl)c3cccnc23)c1. The van der Waals surface area contributed by atoms with Crippen molar-refractivity contribution >= 4 is 55.2 Å². The van der Waals surface area contributed by atoms with Crippen molar-refractivity contribution in [2.24, 2.45) is 0 Å². The zero-order chi connectivity index (χ0) is 15.0. The summed E-state index contributed by atoms with van der Waals surface area (Å²) in [5.41, 5.74) is 6.86. The molecule has 1 aromatic carbocycles. The molecule has 3 N–H and O–H groups in total. The summed E-state index contributed by atoms with van der Waals surface area (Å²) in [6, 6.07) is 8.16. The van der Waals surface area contributed by atoms with Gasteiger partial charge in [0.25, 0.3) is 10.0 Å². The monoisotopic (exact) mass is 339 g/mol. The summed E-state index contributed by atoms with van der Waals surface area (Å²) >= 11 is 7.15. The number of sulfonamides is 1. The number of aromatic nitrogens is 1. The first-order valence-corrected chi connectivity index (χ1v) is 8.61. The van der Waals surface area contributed by atoms with Gasteiger partial charge in [0.2, 0.25) is 0 Å². The number of halogens is 1. The standard InChI is InChI=1S/C13H10ClN3O2S2/c14-10-3-4-11(13-9(10)2-1-5-16-13)17-21(18,19)12-6-8(15)7-20-12/h1-7,17H,15H2. The Hall–Kier alpha value is -1.83. The fraction of sp³-hybridized carbons (Fsp3) is 0. The van der Waals surface area contributed by atoms with Crippen molar-refractivity contribution in [2.75, 3.05) is 10.5 Å². The topological polar surface area (TPSA) is 85.1 Å². The molecule has 0 unspecified atom stereocenters. The van der Waals surface area contributed by atoms with Crippen LogP contribution in [0, 0.1) is 0 Å². The maximum Gasteiger partial charge on any atom is 0.271 e. The van der Waals surface area contributed by atoms with E-state index in [9.17, 15) is 8.42 Å². The molecule has 0 atom stereocenters. The van der Waals surface area contributed by atoms with Gasteiger partial charge in [-0.3, -0.25) is 9.71 Å². The van der Waals surface area contributed by atoms with Gasteiger partial charge in [0.1, 0.15) is 4.21 Å². The number of fused-ring (bicyclic) bond motifs is 1. The molecule has 0 aliphatic carbocycles. The number of nitrogen functional groups attached to an aromatic ring is 1. The quantitative estimate of drug-likeness (QED) is 0.766. The second-order valence-corrected chi connectivity index (χ2v) is 7.53. The van der Waals surface area contributed by atoms with Crippen LogP contribution in [-0.4, -0.2) is 13.4 Å². The third-order valence-corrected chi connectivity index (χ3v) is 5.97. The number of nitrogens with one attached hydrogen (secondary N) is 1. The molecular weight excluding hydrogens is 330 g/mol. The van der Waals surface area contributed by atoms with Crippen LogP contribution in [0.3, 0.4) is 0 Å². The van der Waals surface area contributed by atoms with Gasteiger partial charge in [-0.05, 0) is 30.3 Å². The molecule has 8 heteroatoms. The average molecular weight is 340 g/mol. The lowest BCUT2D eigenvalue weighted by molar-refractivity contribution is 0.603. The van der Waals surface area contributed by atoms with Crippen LogP contribution in [0.1, 0.15) is 0 Å². The number of rotatable bonds is 3. The normalized spacial score (nSPS) is 11.7. The Labute approximate surface area is 130 Å². The fourth-order valence-corrected chi connectivity index (χ4v) is 4.25. The number of pyridine rings is 1. The Bertz CT molecular complexity index is 922. The summed E-state index contributed by atoms with van der Waals surface area (Å²) in [5.74, 6) is 0. The fourth-order valence-electron chi connectivity index (χ4n) is 1.89. The molecule has 0 amide bonds. The van der Waals surface area contributed by atoms with E-state index in [1.807, 2.05) is 0 Å². The number of thiophene rings is 1. The molecule has 108 valence electrons. The zero-order valence-corrected chi connectivity index (χ0v) is 13.0. The molecule has 2 aromatic heterocycles. The van der Waals surface area contributed by atoms with Crippen molar-refractivity contribution in [3.05, 3.63) is 46.9 Å². The number of hydrogen-bond acceptors (Lipinski definition) is 5. The van der Waals surface area contributed by atoms with Crippen LogP contribution in [0.25, 0.3) is 10.9 Å². The third kappa shape index (κ3) is 2.67. The van der Waals surface area contributed by atoms with Gasteiger partial charge in [0.15, 0.2) is 0 Å². The van der Waals surface area contributed by atoms with E-state index in [1.165, 1.54) is 6.07 Å². The van der Waals surface area contributed by atoms with Crippen molar-refractivity contribution in [1.82, 2.24) is 4.98 Å². The summed E-state index contributed by atoms with van der Waals surface area (Å²) in [6.45, 7) is 0. The summed E-state index contributed by atoms with van der Waals surface area (Å²) in [6.07, 6.45) is 1.58. The lowest BCUT2D eigenvalue weighted by Gasteiger charge is -2.09. The summed E-state index contributed by atoms with van der Waals surface area (Å²) in [4.78, 5) is 4.19. The molecule has 5 nitrogen and oxygen atoms in total. The maximum atomic E-state index is 12.3. The van der Waals surface area contributed by atoms with E-state index >= 15 is 0 Å². The van der Waals surface area contributed by atoms with Crippen LogP contribution < -0.4 is 10.5 Å². The first kappa shape index (κ1) is 14.1. The summed E-state index contributed by atoms with van der Waals surface area (Å²) < 4.78 is 27.3. The Balaban J connectivity index is 2.08. The molecule has 21 heavy (non-hydrogen) atoms. The smallest absolute Gasteiger partial charge is 0.271 e. The van der Waals surface area contributed by atoms with Crippen LogP contribution in [-0.2, 0) is 10.0 Å². The van der Waals surface area contributed by atoms with Gasteiger partial charge in [-0.1, -0.05) is 11.6 Å². The van der Waals surface area contributed by atoms with E-state index in [1.54, 1.807) is 35.8 Å². The van der Waals surface area contributed by atoms with Gasteiger partial charge in [0, 0.05) is 22.7 Å². The maximum absolute atomic E-state index is 12.3. The lowest BCUT2D eigenvalue weighted by atomic mass is 10.2. The molecule has 3 rings (SSSR count). The minimum atomic E-state index is -3.69. The number of benzene rings is 1. The molecule has 0 saturated carbocycles. The van der Waals surface area contributed by atoms with Crippen LogP contribution >= 0.6 is 22.9 Å². The number of nitrogens with zero attached hydrogens (tertiary/aromatic N) is 1. The van der Waals surface area contributed by atoms with E-state index < -0.39 is 10.0 Å². The lowest BCUT2D eigenvalue weighted by Crippen LogP contribution is -2.12. The minimum absolute atomic E-state index is 0.152. The van der Waals surface area contributed by atoms with Crippen molar-refractivity contribution in [3.8, 4) is 0 Å². The zero-order valence-electron chi connectivity index (χ0n) is 10.6. The highest BCUT2D eigenvalue weighted by molar-refractivity contribution is 7.94. The van der Waals surface area contributed by atoms with Crippen molar-refractivity contribution < 1.29 is 8.42 Å². The highest BCUT2D eigenvalue weighted by Crippen LogP contribution is 2.30. The molecule has 0 saturated heterocycles.